The molecular formula is C18H20N4O4S. The van der Waals surface area contributed by atoms with Crippen LogP contribution in [-0.2, 0) is 10.0 Å². The summed E-state index contributed by atoms with van der Waals surface area (Å²) in [6.07, 6.45) is 0. The van der Waals surface area contributed by atoms with Crippen molar-refractivity contribution in [3.05, 3.63) is 60.2 Å². The Morgan fingerprint density at radius 3 is 2.22 bits per heavy atom. The monoisotopic (exact) mass is 388 g/mol. The molecular weight excluding hydrogens is 368 g/mol. The van der Waals surface area contributed by atoms with Crippen LogP contribution < -0.4 is 11.1 Å². The normalized spacial score (nSPS) is 15.3. The summed E-state index contributed by atoms with van der Waals surface area (Å²) in [6, 6.07) is 14.0. The van der Waals surface area contributed by atoms with Gasteiger partial charge in [-0.25, -0.2) is 13.2 Å². The largest absolute Gasteiger partial charge is 0.351 e. The van der Waals surface area contributed by atoms with Gasteiger partial charge in [0.1, 0.15) is 0 Å². The summed E-state index contributed by atoms with van der Waals surface area (Å²) in [5.41, 5.74) is 5.92. The van der Waals surface area contributed by atoms with Crippen LogP contribution in [0.2, 0.25) is 0 Å². The first kappa shape index (κ1) is 18.9. The Morgan fingerprint density at radius 1 is 0.926 bits per heavy atom. The van der Waals surface area contributed by atoms with Crippen LogP contribution in [-0.4, -0.2) is 55.7 Å². The SMILES string of the molecule is NC(=O)Nc1cccc(C(=O)N2CCN(S(=O)(=O)c3ccccc3)CC2)c1. The Kier molecular flexibility index (Phi) is 5.43. The average Bonchev–Trinajstić information content (AvgIpc) is 2.68. The number of anilines is 1. The van der Waals surface area contributed by atoms with Crippen LogP contribution in [0.1, 0.15) is 10.4 Å². The number of benzene rings is 2. The number of piperazine rings is 1. The van der Waals surface area contributed by atoms with Crippen LogP contribution in [0.15, 0.2) is 59.5 Å². The minimum atomic E-state index is -3.56. The van der Waals surface area contributed by atoms with Crippen molar-refractivity contribution in [3.63, 3.8) is 0 Å². The fourth-order valence-electron chi connectivity index (χ4n) is 2.93. The van der Waals surface area contributed by atoms with E-state index in [2.05, 4.69) is 5.32 Å². The summed E-state index contributed by atoms with van der Waals surface area (Å²) in [4.78, 5) is 25.5. The van der Waals surface area contributed by atoms with E-state index in [1.165, 1.54) is 4.31 Å². The first-order chi connectivity index (χ1) is 12.9. The van der Waals surface area contributed by atoms with Crippen molar-refractivity contribution in [2.45, 2.75) is 4.90 Å². The van der Waals surface area contributed by atoms with Crippen molar-refractivity contribution in [2.75, 3.05) is 31.5 Å². The predicted molar refractivity (Wildman–Crippen MR) is 101 cm³/mol. The van der Waals surface area contributed by atoms with E-state index in [9.17, 15) is 18.0 Å². The van der Waals surface area contributed by atoms with Crippen molar-refractivity contribution >= 4 is 27.6 Å². The zero-order valence-corrected chi connectivity index (χ0v) is 15.4. The Morgan fingerprint density at radius 2 is 1.59 bits per heavy atom. The van der Waals surface area contributed by atoms with Crippen LogP contribution in [0.25, 0.3) is 0 Å². The number of carbonyl (C=O) groups excluding carboxylic acids is 2. The van der Waals surface area contributed by atoms with E-state index in [0.717, 1.165) is 0 Å². The molecule has 0 radical (unpaired) electrons. The van der Waals surface area contributed by atoms with Crippen molar-refractivity contribution < 1.29 is 18.0 Å². The Bertz CT molecular complexity index is 939. The summed E-state index contributed by atoms with van der Waals surface area (Å²) in [7, 11) is -3.56. The highest BCUT2D eigenvalue weighted by atomic mass is 32.2. The van der Waals surface area contributed by atoms with Crippen LogP contribution in [0.5, 0.6) is 0 Å². The highest BCUT2D eigenvalue weighted by molar-refractivity contribution is 7.89. The number of nitrogens with zero attached hydrogens (tertiary/aromatic N) is 2. The van der Waals surface area contributed by atoms with Gasteiger partial charge < -0.3 is 16.0 Å². The number of sulfonamides is 1. The first-order valence-corrected chi connectivity index (χ1v) is 9.83. The zero-order chi connectivity index (χ0) is 19.4. The maximum absolute atomic E-state index is 12.7. The average molecular weight is 388 g/mol. The van der Waals surface area contributed by atoms with Crippen LogP contribution in [0.3, 0.4) is 0 Å². The molecule has 8 nitrogen and oxygen atoms in total. The highest BCUT2D eigenvalue weighted by Gasteiger charge is 2.30. The van der Waals surface area contributed by atoms with Gasteiger partial charge in [-0.05, 0) is 30.3 Å². The van der Waals surface area contributed by atoms with E-state index in [1.54, 1.807) is 59.5 Å². The summed E-state index contributed by atoms with van der Waals surface area (Å²) in [5, 5.41) is 2.43. The number of amides is 3. The number of nitrogens with two attached hydrogens (primary N) is 1. The molecule has 1 saturated heterocycles. The van der Waals surface area contributed by atoms with Crippen molar-refractivity contribution in [1.82, 2.24) is 9.21 Å². The maximum Gasteiger partial charge on any atom is 0.316 e. The molecule has 3 rings (SSSR count). The van der Waals surface area contributed by atoms with E-state index >= 15 is 0 Å². The number of rotatable bonds is 4. The molecule has 0 saturated carbocycles. The topological polar surface area (TPSA) is 113 Å². The van der Waals surface area contributed by atoms with Gasteiger partial charge in [0.15, 0.2) is 0 Å². The van der Waals surface area contributed by atoms with Gasteiger partial charge in [-0.15, -0.1) is 0 Å². The lowest BCUT2D eigenvalue weighted by molar-refractivity contribution is 0.0698. The van der Waals surface area contributed by atoms with Gasteiger partial charge in [0, 0.05) is 37.4 Å². The minimum Gasteiger partial charge on any atom is -0.351 e. The molecule has 1 aliphatic rings. The second-order valence-corrected chi connectivity index (χ2v) is 8.02. The lowest BCUT2D eigenvalue weighted by atomic mass is 10.1. The molecule has 3 N–H and O–H groups in total. The number of carbonyl (C=O) groups is 2. The minimum absolute atomic E-state index is 0.222. The fraction of sp³-hybridized carbons (Fsp3) is 0.222. The van der Waals surface area contributed by atoms with Gasteiger partial charge in [-0.3, -0.25) is 4.79 Å². The Balaban J connectivity index is 1.67. The molecule has 0 aliphatic carbocycles. The number of hydrogen-bond donors (Lipinski definition) is 2. The summed E-state index contributed by atoms with van der Waals surface area (Å²) in [6.45, 7) is 1.03. The van der Waals surface area contributed by atoms with Crippen molar-refractivity contribution in [2.24, 2.45) is 5.73 Å². The first-order valence-electron chi connectivity index (χ1n) is 8.39. The number of primary amides is 1. The Hall–Kier alpha value is -2.91. The van der Waals surface area contributed by atoms with Gasteiger partial charge in [-0.2, -0.15) is 4.31 Å². The summed E-state index contributed by atoms with van der Waals surface area (Å²) < 4.78 is 26.7. The molecule has 9 heteroatoms. The van der Waals surface area contributed by atoms with Gasteiger partial charge in [0.25, 0.3) is 5.91 Å². The molecule has 2 aromatic rings. The molecule has 0 bridgehead atoms. The molecule has 0 unspecified atom stereocenters. The van der Waals surface area contributed by atoms with E-state index < -0.39 is 16.1 Å². The van der Waals surface area contributed by atoms with Crippen molar-refractivity contribution in [3.8, 4) is 0 Å². The molecule has 0 spiro atoms. The summed E-state index contributed by atoms with van der Waals surface area (Å²) >= 11 is 0. The number of hydrogen-bond acceptors (Lipinski definition) is 4. The zero-order valence-electron chi connectivity index (χ0n) is 14.5. The van der Waals surface area contributed by atoms with E-state index in [4.69, 9.17) is 5.73 Å². The smallest absolute Gasteiger partial charge is 0.316 e. The quantitative estimate of drug-likeness (QED) is 0.822. The van der Waals surface area contributed by atoms with E-state index in [1.807, 2.05) is 0 Å². The van der Waals surface area contributed by atoms with E-state index in [0.29, 0.717) is 24.3 Å². The third-order valence-corrected chi connectivity index (χ3v) is 6.20. The van der Waals surface area contributed by atoms with Crippen LogP contribution in [0, 0.1) is 0 Å². The van der Waals surface area contributed by atoms with E-state index in [-0.39, 0.29) is 23.9 Å². The molecule has 142 valence electrons. The summed E-state index contributed by atoms with van der Waals surface area (Å²) in [5.74, 6) is -0.222. The number of urea groups is 1. The standard InChI is InChI=1S/C18H20N4O4S/c19-18(24)20-15-6-4-5-14(13-15)17(23)21-9-11-22(12-10-21)27(25,26)16-7-2-1-3-8-16/h1-8,13H,9-12H2,(H3,19,20,24). The second kappa shape index (κ2) is 7.77. The molecule has 0 atom stereocenters. The molecule has 0 aromatic heterocycles. The predicted octanol–water partition coefficient (Wildman–Crippen LogP) is 1.32. The van der Waals surface area contributed by atoms with Crippen molar-refractivity contribution in [1.29, 1.82) is 0 Å². The lowest BCUT2D eigenvalue weighted by Crippen LogP contribution is -2.50. The molecule has 3 amide bonds. The van der Waals surface area contributed by atoms with Gasteiger partial charge >= 0.3 is 6.03 Å². The molecule has 2 aromatic carbocycles. The van der Waals surface area contributed by atoms with Crippen LogP contribution >= 0.6 is 0 Å². The fourth-order valence-corrected chi connectivity index (χ4v) is 4.37. The lowest BCUT2D eigenvalue weighted by Gasteiger charge is -2.34. The third kappa shape index (κ3) is 4.26. The molecule has 1 heterocycles. The molecule has 1 aliphatic heterocycles. The second-order valence-electron chi connectivity index (χ2n) is 6.08. The van der Waals surface area contributed by atoms with Gasteiger partial charge in [0.2, 0.25) is 10.0 Å². The maximum atomic E-state index is 12.7. The Labute approximate surface area is 157 Å². The van der Waals surface area contributed by atoms with Gasteiger partial charge in [-0.1, -0.05) is 24.3 Å². The number of nitrogens with one attached hydrogen (secondary N) is 1. The van der Waals surface area contributed by atoms with Gasteiger partial charge in [0.05, 0.1) is 4.90 Å². The third-order valence-electron chi connectivity index (χ3n) is 4.28. The van der Waals surface area contributed by atoms with Crippen LogP contribution in [0.4, 0.5) is 10.5 Å². The molecule has 1 fully saturated rings. The highest BCUT2D eigenvalue weighted by Crippen LogP contribution is 2.19. The molecule has 27 heavy (non-hydrogen) atoms.